The van der Waals surface area contributed by atoms with Crippen molar-refractivity contribution < 1.29 is 14.0 Å². The number of fused-ring (bicyclic) bond motifs is 1. The lowest BCUT2D eigenvalue weighted by Crippen LogP contribution is -2.46. The van der Waals surface area contributed by atoms with Gasteiger partial charge in [0.2, 0.25) is 0 Å². The summed E-state index contributed by atoms with van der Waals surface area (Å²) in [7, 11) is 0. The molecule has 2 heterocycles. The molecule has 1 saturated heterocycles. The van der Waals surface area contributed by atoms with Crippen molar-refractivity contribution in [3.05, 3.63) is 65.7 Å². The average molecular weight is 366 g/mol. The lowest BCUT2D eigenvalue weighted by Gasteiger charge is -2.32. The van der Waals surface area contributed by atoms with Gasteiger partial charge in [-0.2, -0.15) is 0 Å². The molecule has 0 atom stereocenters. The highest BCUT2D eigenvalue weighted by molar-refractivity contribution is 5.97. The van der Waals surface area contributed by atoms with E-state index in [4.69, 9.17) is 0 Å². The van der Waals surface area contributed by atoms with Crippen LogP contribution in [0.5, 0.6) is 0 Å². The normalized spacial score (nSPS) is 15.1. The van der Waals surface area contributed by atoms with E-state index in [1.807, 2.05) is 0 Å². The lowest BCUT2D eigenvalue weighted by molar-refractivity contribution is 0.0697. The molecular formula is C20H19FN4O2. The topological polar surface area (TPSA) is 78.1 Å². The first kappa shape index (κ1) is 17.2. The molecule has 0 unspecified atom stereocenters. The second kappa shape index (κ2) is 7.19. The van der Waals surface area contributed by atoms with E-state index in [-0.39, 0.29) is 17.9 Å². The lowest BCUT2D eigenvalue weighted by atomic mass is 10.0. The monoisotopic (exact) mass is 366 g/mol. The molecule has 3 aromatic rings. The Hall–Kier alpha value is -3.22. The number of nitrogens with one attached hydrogen (secondary N) is 2. The fourth-order valence-electron chi connectivity index (χ4n) is 3.38. The molecule has 2 aromatic carbocycles. The number of rotatable bonds is 3. The maximum atomic E-state index is 13.3. The Kier molecular flexibility index (Phi) is 4.58. The summed E-state index contributed by atoms with van der Waals surface area (Å²) in [4.78, 5) is 33.8. The number of piperidine rings is 1. The number of nitrogens with zero attached hydrogens (tertiary/aromatic N) is 2. The van der Waals surface area contributed by atoms with Crippen LogP contribution in [0.25, 0.3) is 11.0 Å². The van der Waals surface area contributed by atoms with E-state index < -0.39 is 5.82 Å². The van der Waals surface area contributed by atoms with Crippen LogP contribution >= 0.6 is 0 Å². The third kappa shape index (κ3) is 3.67. The maximum Gasteiger partial charge on any atom is 0.253 e. The Morgan fingerprint density at radius 3 is 2.70 bits per heavy atom. The average Bonchev–Trinajstić information content (AvgIpc) is 3.16. The van der Waals surface area contributed by atoms with Crippen LogP contribution in [0.3, 0.4) is 0 Å². The van der Waals surface area contributed by atoms with E-state index in [1.165, 1.54) is 18.2 Å². The predicted octanol–water partition coefficient (Wildman–Crippen LogP) is 2.74. The summed E-state index contributed by atoms with van der Waals surface area (Å²) in [6.45, 7) is 1.06. The predicted molar refractivity (Wildman–Crippen MR) is 98.9 cm³/mol. The number of halogens is 1. The molecule has 6 nitrogen and oxygen atoms in total. The van der Waals surface area contributed by atoms with Gasteiger partial charge in [0.1, 0.15) is 5.82 Å². The Labute approximate surface area is 155 Å². The summed E-state index contributed by atoms with van der Waals surface area (Å²) in [5, 5.41) is 3.03. The zero-order valence-corrected chi connectivity index (χ0v) is 14.6. The van der Waals surface area contributed by atoms with Gasteiger partial charge in [-0.05, 0) is 49.2 Å². The quantitative estimate of drug-likeness (QED) is 0.748. The first-order chi connectivity index (χ1) is 13.1. The molecule has 0 aliphatic carbocycles. The number of carbonyl (C=O) groups is 2. The first-order valence-electron chi connectivity index (χ1n) is 8.89. The molecule has 0 bridgehead atoms. The molecule has 2 amide bonds. The number of hydrogen-bond acceptors (Lipinski definition) is 3. The van der Waals surface area contributed by atoms with Crippen molar-refractivity contribution in [2.45, 2.75) is 18.9 Å². The number of H-pyrrole nitrogens is 1. The number of aromatic amines is 1. The summed E-state index contributed by atoms with van der Waals surface area (Å²) in [5.41, 5.74) is 2.56. The second-order valence-electron chi connectivity index (χ2n) is 6.68. The molecule has 0 saturated carbocycles. The van der Waals surface area contributed by atoms with Crippen LogP contribution in [0.15, 0.2) is 48.8 Å². The van der Waals surface area contributed by atoms with Gasteiger partial charge in [-0.1, -0.05) is 6.07 Å². The number of hydrogen-bond donors (Lipinski definition) is 2. The van der Waals surface area contributed by atoms with Crippen LogP contribution in [-0.2, 0) is 0 Å². The molecule has 1 aromatic heterocycles. The minimum Gasteiger partial charge on any atom is -0.349 e. The Balaban J connectivity index is 1.35. The summed E-state index contributed by atoms with van der Waals surface area (Å²) in [5.74, 6) is -0.734. The van der Waals surface area contributed by atoms with Crippen LogP contribution in [0.4, 0.5) is 4.39 Å². The third-order valence-corrected chi connectivity index (χ3v) is 4.87. The van der Waals surface area contributed by atoms with Gasteiger partial charge in [-0.25, -0.2) is 9.37 Å². The van der Waals surface area contributed by atoms with E-state index in [0.717, 1.165) is 11.0 Å². The van der Waals surface area contributed by atoms with Crippen molar-refractivity contribution >= 4 is 22.8 Å². The molecule has 0 spiro atoms. The summed E-state index contributed by atoms with van der Waals surface area (Å²) < 4.78 is 13.3. The minimum absolute atomic E-state index is 0.00604. The highest BCUT2D eigenvalue weighted by Gasteiger charge is 2.25. The molecule has 4 rings (SSSR count). The van der Waals surface area contributed by atoms with E-state index >= 15 is 0 Å². The Bertz CT molecular complexity index is 992. The fourth-order valence-corrected chi connectivity index (χ4v) is 3.38. The molecule has 27 heavy (non-hydrogen) atoms. The second-order valence-corrected chi connectivity index (χ2v) is 6.68. The number of benzene rings is 2. The molecule has 1 fully saturated rings. The van der Waals surface area contributed by atoms with Gasteiger partial charge in [0.05, 0.1) is 17.4 Å². The van der Waals surface area contributed by atoms with Crippen molar-refractivity contribution in [1.29, 1.82) is 0 Å². The summed E-state index contributed by atoms with van der Waals surface area (Å²) >= 11 is 0. The molecule has 1 aliphatic heterocycles. The molecule has 7 heteroatoms. The highest BCUT2D eigenvalue weighted by Crippen LogP contribution is 2.16. The van der Waals surface area contributed by atoms with Crippen LogP contribution in [0.2, 0.25) is 0 Å². The number of likely N-dealkylation sites (tertiary alicyclic amines) is 1. The van der Waals surface area contributed by atoms with Gasteiger partial charge >= 0.3 is 0 Å². The van der Waals surface area contributed by atoms with Crippen LogP contribution in [0.1, 0.15) is 33.6 Å². The molecular weight excluding hydrogens is 347 g/mol. The Morgan fingerprint density at radius 1 is 1.11 bits per heavy atom. The van der Waals surface area contributed by atoms with E-state index in [9.17, 15) is 14.0 Å². The molecule has 138 valence electrons. The Morgan fingerprint density at radius 2 is 1.93 bits per heavy atom. The van der Waals surface area contributed by atoms with E-state index in [1.54, 1.807) is 35.5 Å². The van der Waals surface area contributed by atoms with Crippen LogP contribution < -0.4 is 5.32 Å². The highest BCUT2D eigenvalue weighted by atomic mass is 19.1. The van der Waals surface area contributed by atoms with Crippen molar-refractivity contribution in [3.63, 3.8) is 0 Å². The number of imidazole rings is 1. The van der Waals surface area contributed by atoms with Crippen LogP contribution in [0, 0.1) is 5.82 Å². The van der Waals surface area contributed by atoms with Gasteiger partial charge in [0.25, 0.3) is 11.8 Å². The fraction of sp³-hybridized carbons (Fsp3) is 0.250. The van der Waals surface area contributed by atoms with E-state index in [0.29, 0.717) is 37.1 Å². The smallest absolute Gasteiger partial charge is 0.253 e. The van der Waals surface area contributed by atoms with Gasteiger partial charge in [-0.15, -0.1) is 0 Å². The molecule has 2 N–H and O–H groups in total. The largest absolute Gasteiger partial charge is 0.349 e. The van der Waals surface area contributed by atoms with Gasteiger partial charge in [0, 0.05) is 30.3 Å². The minimum atomic E-state index is -0.419. The zero-order chi connectivity index (χ0) is 18.8. The van der Waals surface area contributed by atoms with Crippen molar-refractivity contribution in [1.82, 2.24) is 20.2 Å². The molecule has 1 aliphatic rings. The maximum absolute atomic E-state index is 13.3. The van der Waals surface area contributed by atoms with Crippen molar-refractivity contribution in [2.75, 3.05) is 13.1 Å². The van der Waals surface area contributed by atoms with Crippen LogP contribution in [-0.4, -0.2) is 45.8 Å². The summed E-state index contributed by atoms with van der Waals surface area (Å²) in [6.07, 6.45) is 2.93. The van der Waals surface area contributed by atoms with E-state index in [2.05, 4.69) is 15.3 Å². The van der Waals surface area contributed by atoms with Crippen molar-refractivity contribution in [2.24, 2.45) is 0 Å². The summed E-state index contributed by atoms with van der Waals surface area (Å²) in [6, 6.07) is 11.1. The van der Waals surface area contributed by atoms with Crippen molar-refractivity contribution in [3.8, 4) is 0 Å². The molecule has 0 radical (unpaired) electrons. The standard InChI is InChI=1S/C20H19FN4O2/c21-15-3-1-2-14(10-15)20(27)25-8-6-16(7-9-25)24-19(26)13-4-5-17-18(11-13)23-12-22-17/h1-5,10-12,16H,6-9H2,(H,22,23)(H,24,26). The number of aromatic nitrogens is 2. The first-order valence-corrected chi connectivity index (χ1v) is 8.89. The zero-order valence-electron chi connectivity index (χ0n) is 14.6. The SMILES string of the molecule is O=C(NC1CCN(C(=O)c2cccc(F)c2)CC1)c1ccc2nc[nH]c2c1. The van der Waals surface area contributed by atoms with Gasteiger partial charge in [-0.3, -0.25) is 9.59 Å². The third-order valence-electron chi connectivity index (χ3n) is 4.87. The van der Waals surface area contributed by atoms with Gasteiger partial charge in [0.15, 0.2) is 0 Å². The van der Waals surface area contributed by atoms with Gasteiger partial charge < -0.3 is 15.2 Å². The number of carbonyl (C=O) groups excluding carboxylic acids is 2. The number of amides is 2.